The van der Waals surface area contributed by atoms with Crippen LogP contribution in [0.15, 0.2) is 12.2 Å². The first kappa shape index (κ1) is 9.13. The largest absolute Gasteiger partial charge is 0.481 e. The third-order valence-corrected chi connectivity index (χ3v) is 1.08. The molecule has 0 aliphatic rings. The van der Waals surface area contributed by atoms with Gasteiger partial charge in [0.25, 0.3) is 0 Å². The molecule has 0 amide bonds. The van der Waals surface area contributed by atoms with Crippen LogP contribution in [0, 0.1) is 0 Å². The van der Waals surface area contributed by atoms with E-state index in [4.69, 9.17) is 15.9 Å². The minimum Gasteiger partial charge on any atom is -0.481 e. The molecule has 4 heteroatoms. The van der Waals surface area contributed by atoms with Crippen molar-refractivity contribution in [3.8, 4) is 0 Å². The molecule has 4 N–H and O–H groups in total. The van der Waals surface area contributed by atoms with Crippen LogP contribution in [-0.4, -0.2) is 22.4 Å². The van der Waals surface area contributed by atoms with E-state index in [-0.39, 0.29) is 12.8 Å². The normalized spacial score (nSPS) is 12.6. The standard InChI is InChI=1S/C6H11NO3/c1-4(6(7)10)2-3-5(8)9/h6,10H,1-3,7H2,(H,8,9). The zero-order valence-corrected chi connectivity index (χ0v) is 5.58. The number of rotatable bonds is 4. The molecular formula is C6H11NO3. The van der Waals surface area contributed by atoms with Crippen molar-refractivity contribution in [1.29, 1.82) is 0 Å². The quantitative estimate of drug-likeness (QED) is 0.374. The number of hydrogen-bond acceptors (Lipinski definition) is 3. The van der Waals surface area contributed by atoms with Gasteiger partial charge in [0.15, 0.2) is 0 Å². The van der Waals surface area contributed by atoms with Gasteiger partial charge >= 0.3 is 5.97 Å². The van der Waals surface area contributed by atoms with Gasteiger partial charge in [-0.1, -0.05) is 6.58 Å². The number of carbonyl (C=O) groups is 1. The zero-order valence-electron chi connectivity index (χ0n) is 5.58. The molecule has 0 saturated carbocycles. The molecule has 0 aliphatic heterocycles. The van der Waals surface area contributed by atoms with Crippen molar-refractivity contribution in [2.45, 2.75) is 19.1 Å². The van der Waals surface area contributed by atoms with Crippen molar-refractivity contribution in [2.75, 3.05) is 0 Å². The van der Waals surface area contributed by atoms with Gasteiger partial charge in [-0.05, 0) is 12.0 Å². The number of nitrogens with two attached hydrogens (primary N) is 1. The average Bonchev–Trinajstić information content (AvgIpc) is 1.82. The molecule has 0 radical (unpaired) electrons. The molecule has 1 unspecified atom stereocenters. The summed E-state index contributed by atoms with van der Waals surface area (Å²) < 4.78 is 0. The van der Waals surface area contributed by atoms with E-state index in [1.54, 1.807) is 0 Å². The van der Waals surface area contributed by atoms with Gasteiger partial charge in [0.2, 0.25) is 0 Å². The lowest BCUT2D eigenvalue weighted by atomic mass is 10.1. The number of aliphatic hydroxyl groups is 1. The van der Waals surface area contributed by atoms with Crippen molar-refractivity contribution < 1.29 is 15.0 Å². The zero-order chi connectivity index (χ0) is 8.15. The highest BCUT2D eigenvalue weighted by molar-refractivity contribution is 5.67. The van der Waals surface area contributed by atoms with Crippen LogP contribution < -0.4 is 5.73 Å². The number of aliphatic carboxylic acids is 1. The smallest absolute Gasteiger partial charge is 0.303 e. The summed E-state index contributed by atoms with van der Waals surface area (Å²) in [6.45, 7) is 3.39. The van der Waals surface area contributed by atoms with E-state index in [1.165, 1.54) is 0 Å². The third-order valence-electron chi connectivity index (χ3n) is 1.08. The topological polar surface area (TPSA) is 83.5 Å². The Labute approximate surface area is 59.0 Å². The molecule has 0 bridgehead atoms. The summed E-state index contributed by atoms with van der Waals surface area (Å²) in [5.74, 6) is -0.915. The summed E-state index contributed by atoms with van der Waals surface area (Å²) in [6.07, 6.45) is -0.903. The highest BCUT2D eigenvalue weighted by atomic mass is 16.4. The van der Waals surface area contributed by atoms with Crippen molar-refractivity contribution >= 4 is 5.97 Å². The predicted octanol–water partition coefficient (Wildman–Crippen LogP) is -0.315. The first-order chi connectivity index (χ1) is 4.54. The van der Waals surface area contributed by atoms with E-state index in [1.807, 2.05) is 0 Å². The summed E-state index contributed by atoms with van der Waals surface area (Å²) >= 11 is 0. The monoisotopic (exact) mass is 145 g/mol. The lowest BCUT2D eigenvalue weighted by molar-refractivity contribution is -0.136. The van der Waals surface area contributed by atoms with E-state index in [2.05, 4.69) is 6.58 Å². The van der Waals surface area contributed by atoms with Crippen LogP contribution in [0.2, 0.25) is 0 Å². The molecule has 0 rings (SSSR count). The summed E-state index contributed by atoms with van der Waals surface area (Å²) in [6, 6.07) is 0. The van der Waals surface area contributed by atoms with Crippen LogP contribution in [0.25, 0.3) is 0 Å². The van der Waals surface area contributed by atoms with E-state index in [0.29, 0.717) is 5.57 Å². The van der Waals surface area contributed by atoms with Crippen LogP contribution in [-0.2, 0) is 4.79 Å². The predicted molar refractivity (Wildman–Crippen MR) is 36.2 cm³/mol. The molecule has 0 aromatic heterocycles. The van der Waals surface area contributed by atoms with Crippen molar-refractivity contribution in [2.24, 2.45) is 5.73 Å². The van der Waals surface area contributed by atoms with Crippen LogP contribution in [0.4, 0.5) is 0 Å². The summed E-state index contributed by atoms with van der Waals surface area (Å²) in [5, 5.41) is 16.8. The Morgan fingerprint density at radius 3 is 2.40 bits per heavy atom. The summed E-state index contributed by atoms with van der Waals surface area (Å²) in [7, 11) is 0. The Bertz CT molecular complexity index is 142. The maximum atomic E-state index is 9.96. The van der Waals surface area contributed by atoms with Crippen molar-refractivity contribution in [1.82, 2.24) is 0 Å². The Morgan fingerprint density at radius 2 is 2.10 bits per heavy atom. The SMILES string of the molecule is C=C(CCC(=O)O)C(N)O. The van der Waals surface area contributed by atoms with Crippen LogP contribution >= 0.6 is 0 Å². The molecule has 0 saturated heterocycles. The van der Waals surface area contributed by atoms with E-state index >= 15 is 0 Å². The second-order valence-electron chi connectivity index (χ2n) is 2.00. The molecule has 0 fully saturated rings. The van der Waals surface area contributed by atoms with Gasteiger partial charge in [-0.25, -0.2) is 0 Å². The van der Waals surface area contributed by atoms with Crippen molar-refractivity contribution in [3.63, 3.8) is 0 Å². The summed E-state index contributed by atoms with van der Waals surface area (Å²) in [5.41, 5.74) is 5.33. The van der Waals surface area contributed by atoms with Gasteiger partial charge in [-0.2, -0.15) is 0 Å². The second kappa shape index (κ2) is 4.03. The highest BCUT2D eigenvalue weighted by Gasteiger charge is 2.04. The Kier molecular flexibility index (Phi) is 3.68. The van der Waals surface area contributed by atoms with E-state index in [9.17, 15) is 4.79 Å². The lowest BCUT2D eigenvalue weighted by Gasteiger charge is -2.05. The molecule has 0 aliphatic carbocycles. The molecule has 0 aromatic carbocycles. The van der Waals surface area contributed by atoms with Crippen LogP contribution in [0.1, 0.15) is 12.8 Å². The third kappa shape index (κ3) is 4.05. The fourth-order valence-corrected chi connectivity index (χ4v) is 0.415. The maximum Gasteiger partial charge on any atom is 0.303 e. The first-order valence-electron chi connectivity index (χ1n) is 2.87. The summed E-state index contributed by atoms with van der Waals surface area (Å²) in [4.78, 5) is 9.96. The molecule has 0 aromatic rings. The number of hydrogen-bond donors (Lipinski definition) is 3. The molecule has 0 spiro atoms. The Balaban J connectivity index is 3.50. The van der Waals surface area contributed by atoms with Crippen LogP contribution in [0.5, 0.6) is 0 Å². The first-order valence-corrected chi connectivity index (χ1v) is 2.87. The highest BCUT2D eigenvalue weighted by Crippen LogP contribution is 2.03. The van der Waals surface area contributed by atoms with Crippen molar-refractivity contribution in [3.05, 3.63) is 12.2 Å². The molecular weight excluding hydrogens is 134 g/mol. The van der Waals surface area contributed by atoms with E-state index < -0.39 is 12.2 Å². The fourth-order valence-electron chi connectivity index (χ4n) is 0.415. The maximum absolute atomic E-state index is 9.96. The Morgan fingerprint density at radius 1 is 1.60 bits per heavy atom. The fraction of sp³-hybridized carbons (Fsp3) is 0.500. The molecule has 10 heavy (non-hydrogen) atoms. The van der Waals surface area contributed by atoms with Crippen LogP contribution in [0.3, 0.4) is 0 Å². The molecule has 4 nitrogen and oxygen atoms in total. The van der Waals surface area contributed by atoms with Gasteiger partial charge in [0.1, 0.15) is 6.23 Å². The van der Waals surface area contributed by atoms with Gasteiger partial charge in [0, 0.05) is 6.42 Å². The minimum atomic E-state index is -1.10. The molecule has 0 heterocycles. The molecule has 58 valence electrons. The average molecular weight is 145 g/mol. The lowest BCUT2D eigenvalue weighted by Crippen LogP contribution is -2.21. The number of carboxylic acids is 1. The second-order valence-corrected chi connectivity index (χ2v) is 2.00. The molecule has 1 atom stereocenters. The van der Waals surface area contributed by atoms with Gasteiger partial charge in [0.05, 0.1) is 0 Å². The number of carboxylic acid groups (broad SMARTS) is 1. The Hall–Kier alpha value is -0.870. The number of aliphatic hydroxyl groups excluding tert-OH is 1. The van der Waals surface area contributed by atoms with E-state index in [0.717, 1.165) is 0 Å². The minimum absolute atomic E-state index is 0.0346. The van der Waals surface area contributed by atoms with Gasteiger partial charge in [-0.3, -0.25) is 4.79 Å². The van der Waals surface area contributed by atoms with Gasteiger partial charge < -0.3 is 15.9 Å². The van der Waals surface area contributed by atoms with Gasteiger partial charge in [-0.15, -0.1) is 0 Å².